The van der Waals surface area contributed by atoms with Gasteiger partial charge in [0.2, 0.25) is 5.91 Å². The SMILES string of the molecule is CCC(C)Oc1cc(C)ccc1CNC(=O)C1(n2cccn2)CCNCC1.Cl. The summed E-state index contributed by atoms with van der Waals surface area (Å²) in [4.78, 5) is 13.2. The lowest BCUT2D eigenvalue weighted by Gasteiger charge is -2.36. The molecule has 0 spiro atoms. The van der Waals surface area contributed by atoms with Crippen molar-refractivity contribution < 1.29 is 9.53 Å². The number of hydrogen-bond acceptors (Lipinski definition) is 4. The predicted molar refractivity (Wildman–Crippen MR) is 113 cm³/mol. The summed E-state index contributed by atoms with van der Waals surface area (Å²) in [6.45, 7) is 8.27. The Labute approximate surface area is 173 Å². The standard InChI is InChI=1S/C21H30N4O2.ClH/c1-4-17(3)27-19-14-16(2)6-7-18(19)15-23-20(26)21(8-11-22-12-9-21)25-13-5-10-24-25;/h5-7,10,13-14,17,22H,4,8-9,11-12,15H2,1-3H3,(H,23,26);1H. The number of aryl methyl sites for hydroxylation is 1. The summed E-state index contributed by atoms with van der Waals surface area (Å²) in [6.07, 6.45) is 6.15. The van der Waals surface area contributed by atoms with Gasteiger partial charge in [-0.05, 0) is 63.9 Å². The van der Waals surface area contributed by atoms with E-state index in [0.717, 1.165) is 49.2 Å². The fourth-order valence-electron chi connectivity index (χ4n) is 3.48. The van der Waals surface area contributed by atoms with Crippen molar-refractivity contribution in [1.29, 1.82) is 0 Å². The van der Waals surface area contributed by atoms with E-state index in [1.54, 1.807) is 6.20 Å². The Morgan fingerprint density at radius 3 is 2.79 bits per heavy atom. The Hall–Kier alpha value is -2.05. The van der Waals surface area contributed by atoms with Crippen molar-refractivity contribution in [1.82, 2.24) is 20.4 Å². The minimum atomic E-state index is -0.628. The molecule has 0 saturated carbocycles. The first-order chi connectivity index (χ1) is 13.0. The molecule has 3 rings (SSSR count). The van der Waals surface area contributed by atoms with E-state index in [0.29, 0.717) is 6.54 Å². The molecule has 1 fully saturated rings. The van der Waals surface area contributed by atoms with Crippen molar-refractivity contribution in [3.05, 3.63) is 47.8 Å². The molecule has 7 heteroatoms. The van der Waals surface area contributed by atoms with Crippen molar-refractivity contribution in [2.24, 2.45) is 0 Å². The van der Waals surface area contributed by atoms with E-state index in [-0.39, 0.29) is 24.4 Å². The van der Waals surface area contributed by atoms with Crippen LogP contribution in [-0.2, 0) is 16.9 Å². The van der Waals surface area contributed by atoms with Gasteiger partial charge in [-0.1, -0.05) is 19.1 Å². The smallest absolute Gasteiger partial charge is 0.248 e. The van der Waals surface area contributed by atoms with Crippen LogP contribution in [0, 0.1) is 6.92 Å². The van der Waals surface area contributed by atoms with Gasteiger partial charge in [-0.15, -0.1) is 12.4 Å². The predicted octanol–water partition coefficient (Wildman–Crippen LogP) is 3.19. The fraction of sp³-hybridized carbons (Fsp3) is 0.524. The van der Waals surface area contributed by atoms with Gasteiger partial charge in [0.05, 0.1) is 6.10 Å². The molecule has 28 heavy (non-hydrogen) atoms. The molecule has 2 heterocycles. The average Bonchev–Trinajstić information content (AvgIpc) is 3.23. The number of amides is 1. The zero-order valence-corrected chi connectivity index (χ0v) is 17.7. The van der Waals surface area contributed by atoms with Gasteiger partial charge in [0, 0.05) is 24.5 Å². The average molecular weight is 407 g/mol. The van der Waals surface area contributed by atoms with Gasteiger partial charge in [-0.25, -0.2) is 0 Å². The molecule has 1 aliphatic rings. The molecular weight excluding hydrogens is 376 g/mol. The van der Waals surface area contributed by atoms with Crippen molar-refractivity contribution in [3.8, 4) is 5.75 Å². The first kappa shape index (κ1) is 22.2. The zero-order valence-electron chi connectivity index (χ0n) is 16.9. The molecule has 1 aromatic heterocycles. The Morgan fingerprint density at radius 2 is 2.14 bits per heavy atom. The lowest BCUT2D eigenvalue weighted by Crippen LogP contribution is -2.54. The molecular formula is C21H31ClN4O2. The Kier molecular flexibility index (Phi) is 7.89. The molecule has 0 bridgehead atoms. The largest absolute Gasteiger partial charge is 0.490 e. The molecule has 2 aromatic rings. The maximum atomic E-state index is 13.2. The highest BCUT2D eigenvalue weighted by atomic mass is 35.5. The summed E-state index contributed by atoms with van der Waals surface area (Å²) in [6, 6.07) is 8.01. The van der Waals surface area contributed by atoms with Crippen LogP contribution < -0.4 is 15.4 Å². The molecule has 1 saturated heterocycles. The summed E-state index contributed by atoms with van der Waals surface area (Å²) in [5, 5.41) is 10.8. The number of rotatable bonds is 7. The van der Waals surface area contributed by atoms with Crippen LogP contribution in [0.3, 0.4) is 0 Å². The fourth-order valence-corrected chi connectivity index (χ4v) is 3.48. The van der Waals surface area contributed by atoms with Crippen molar-refractivity contribution in [2.75, 3.05) is 13.1 Å². The zero-order chi connectivity index (χ0) is 19.3. The highest BCUT2D eigenvalue weighted by Gasteiger charge is 2.41. The summed E-state index contributed by atoms with van der Waals surface area (Å²) < 4.78 is 7.89. The van der Waals surface area contributed by atoms with Crippen LogP contribution in [0.1, 0.15) is 44.2 Å². The molecule has 1 aromatic carbocycles. The Morgan fingerprint density at radius 1 is 1.39 bits per heavy atom. The quantitative estimate of drug-likeness (QED) is 0.741. The van der Waals surface area contributed by atoms with E-state index in [1.807, 2.05) is 36.0 Å². The summed E-state index contributed by atoms with van der Waals surface area (Å²) in [7, 11) is 0. The van der Waals surface area contributed by atoms with Gasteiger partial charge in [0.1, 0.15) is 11.3 Å². The van der Waals surface area contributed by atoms with E-state index >= 15 is 0 Å². The number of carbonyl (C=O) groups excluding carboxylic acids is 1. The monoisotopic (exact) mass is 406 g/mol. The molecule has 1 unspecified atom stereocenters. The van der Waals surface area contributed by atoms with Crippen molar-refractivity contribution >= 4 is 18.3 Å². The minimum absolute atomic E-state index is 0. The lowest BCUT2D eigenvalue weighted by molar-refractivity contribution is -0.132. The normalized spacial score (nSPS) is 16.7. The molecule has 1 amide bonds. The second kappa shape index (κ2) is 9.94. The maximum Gasteiger partial charge on any atom is 0.248 e. The van der Waals surface area contributed by atoms with E-state index in [9.17, 15) is 4.79 Å². The summed E-state index contributed by atoms with van der Waals surface area (Å²) >= 11 is 0. The number of nitrogens with one attached hydrogen (secondary N) is 2. The third kappa shape index (κ3) is 4.86. The van der Waals surface area contributed by atoms with Gasteiger partial charge < -0.3 is 15.4 Å². The maximum absolute atomic E-state index is 13.2. The number of carbonyl (C=O) groups is 1. The number of nitrogens with zero attached hydrogens (tertiary/aromatic N) is 2. The van der Waals surface area contributed by atoms with Crippen LogP contribution >= 0.6 is 12.4 Å². The van der Waals surface area contributed by atoms with Crippen molar-refractivity contribution in [2.45, 2.75) is 58.2 Å². The molecule has 0 aliphatic carbocycles. The van der Waals surface area contributed by atoms with Crippen LogP contribution in [0.5, 0.6) is 5.75 Å². The topological polar surface area (TPSA) is 68.2 Å². The van der Waals surface area contributed by atoms with E-state index in [4.69, 9.17) is 4.74 Å². The molecule has 1 atom stereocenters. The number of ether oxygens (including phenoxy) is 1. The molecule has 1 aliphatic heterocycles. The molecule has 154 valence electrons. The lowest BCUT2D eigenvalue weighted by atomic mass is 9.87. The van der Waals surface area contributed by atoms with Gasteiger partial charge in [-0.3, -0.25) is 9.48 Å². The minimum Gasteiger partial charge on any atom is -0.490 e. The van der Waals surface area contributed by atoms with E-state index in [1.165, 1.54) is 0 Å². The Balaban J connectivity index is 0.00000280. The molecule has 2 N–H and O–H groups in total. The number of hydrogen-bond donors (Lipinski definition) is 2. The third-order valence-electron chi connectivity index (χ3n) is 5.36. The van der Waals surface area contributed by atoms with Crippen LogP contribution in [0.4, 0.5) is 0 Å². The Bertz CT molecular complexity index is 758. The number of aromatic nitrogens is 2. The van der Waals surface area contributed by atoms with Gasteiger partial charge in [0.25, 0.3) is 0 Å². The van der Waals surface area contributed by atoms with Crippen LogP contribution in [-0.4, -0.2) is 34.9 Å². The third-order valence-corrected chi connectivity index (χ3v) is 5.36. The van der Waals surface area contributed by atoms with Crippen LogP contribution in [0.2, 0.25) is 0 Å². The second-order valence-electron chi connectivity index (χ2n) is 7.36. The highest BCUT2D eigenvalue weighted by Crippen LogP contribution is 2.28. The van der Waals surface area contributed by atoms with Gasteiger partial charge in [-0.2, -0.15) is 5.10 Å². The number of benzene rings is 1. The van der Waals surface area contributed by atoms with Gasteiger partial charge in [0.15, 0.2) is 0 Å². The first-order valence-electron chi connectivity index (χ1n) is 9.80. The van der Waals surface area contributed by atoms with Crippen molar-refractivity contribution in [3.63, 3.8) is 0 Å². The second-order valence-corrected chi connectivity index (χ2v) is 7.36. The number of halogens is 1. The molecule has 0 radical (unpaired) electrons. The van der Waals surface area contributed by atoms with E-state index < -0.39 is 5.54 Å². The highest BCUT2D eigenvalue weighted by molar-refractivity contribution is 5.85. The number of piperidine rings is 1. The first-order valence-corrected chi connectivity index (χ1v) is 9.80. The van der Waals surface area contributed by atoms with Gasteiger partial charge >= 0.3 is 0 Å². The van der Waals surface area contributed by atoms with E-state index in [2.05, 4.69) is 35.6 Å². The van der Waals surface area contributed by atoms with Crippen LogP contribution in [0.15, 0.2) is 36.7 Å². The summed E-state index contributed by atoms with van der Waals surface area (Å²) in [5.41, 5.74) is 1.52. The molecule has 6 nitrogen and oxygen atoms in total. The van der Waals surface area contributed by atoms with Crippen LogP contribution in [0.25, 0.3) is 0 Å². The summed E-state index contributed by atoms with van der Waals surface area (Å²) in [5.74, 6) is 0.867.